The number of carboxylic acids is 1. The van der Waals surface area contributed by atoms with Crippen molar-refractivity contribution in [2.45, 2.75) is 40.2 Å². The van der Waals surface area contributed by atoms with Gasteiger partial charge in [-0.25, -0.2) is 0 Å². The van der Waals surface area contributed by atoms with E-state index in [1.54, 1.807) is 20.8 Å². The summed E-state index contributed by atoms with van der Waals surface area (Å²) in [6.45, 7) is 6.96. The molecule has 0 saturated carbocycles. The first-order valence-corrected chi connectivity index (χ1v) is 5.23. The lowest BCUT2D eigenvalue weighted by Gasteiger charge is -2.26. The van der Waals surface area contributed by atoms with E-state index in [2.05, 4.69) is 11.2 Å². The standard InChI is InChI=1S/C12H19NO3/c1-6-8(7-2)13-10(14)9(11(15)16)12(3,4)5/h1,8-9H,7H2,2-5H3,(H,13,14)(H,15,16). The molecule has 0 bridgehead atoms. The van der Waals surface area contributed by atoms with Crippen LogP contribution in [0, 0.1) is 23.7 Å². The smallest absolute Gasteiger partial charge is 0.316 e. The number of hydrogen-bond donors (Lipinski definition) is 2. The molecule has 0 spiro atoms. The van der Waals surface area contributed by atoms with Gasteiger partial charge in [0.1, 0.15) is 5.92 Å². The average molecular weight is 225 g/mol. The van der Waals surface area contributed by atoms with Gasteiger partial charge in [-0.15, -0.1) is 6.42 Å². The Balaban J connectivity index is 4.79. The maximum absolute atomic E-state index is 11.8. The first-order chi connectivity index (χ1) is 7.23. The largest absolute Gasteiger partial charge is 0.481 e. The molecule has 0 saturated heterocycles. The SMILES string of the molecule is C#CC(CC)NC(=O)C(C(=O)O)C(C)(C)C. The van der Waals surface area contributed by atoms with Crippen LogP contribution in [0.1, 0.15) is 34.1 Å². The summed E-state index contributed by atoms with van der Waals surface area (Å²) < 4.78 is 0. The maximum atomic E-state index is 11.8. The Kier molecular flexibility index (Phi) is 5.03. The second-order valence-corrected chi connectivity index (χ2v) is 4.77. The molecule has 2 N–H and O–H groups in total. The highest BCUT2D eigenvalue weighted by atomic mass is 16.4. The predicted octanol–water partition coefficient (Wildman–Crippen LogP) is 1.26. The Hall–Kier alpha value is -1.50. The number of hydrogen-bond acceptors (Lipinski definition) is 2. The van der Waals surface area contributed by atoms with E-state index in [9.17, 15) is 9.59 Å². The highest BCUT2D eigenvalue weighted by molar-refractivity contribution is 5.98. The van der Waals surface area contributed by atoms with Gasteiger partial charge in [0, 0.05) is 0 Å². The zero-order chi connectivity index (χ0) is 12.9. The molecule has 0 radical (unpaired) electrons. The molecule has 2 atom stereocenters. The minimum atomic E-state index is -1.13. The summed E-state index contributed by atoms with van der Waals surface area (Å²) >= 11 is 0. The Morgan fingerprint density at radius 3 is 2.19 bits per heavy atom. The number of carbonyl (C=O) groups excluding carboxylic acids is 1. The molecule has 0 heterocycles. The number of rotatable bonds is 4. The van der Waals surface area contributed by atoms with Crippen molar-refractivity contribution in [1.29, 1.82) is 0 Å². The molecule has 0 aromatic rings. The van der Waals surface area contributed by atoms with Crippen LogP contribution in [-0.2, 0) is 9.59 Å². The first-order valence-electron chi connectivity index (χ1n) is 5.23. The van der Waals surface area contributed by atoms with E-state index >= 15 is 0 Å². The van der Waals surface area contributed by atoms with Gasteiger partial charge in [0.2, 0.25) is 5.91 Å². The van der Waals surface area contributed by atoms with Gasteiger partial charge in [-0.2, -0.15) is 0 Å². The third-order valence-corrected chi connectivity index (χ3v) is 2.30. The van der Waals surface area contributed by atoms with Crippen molar-refractivity contribution in [1.82, 2.24) is 5.32 Å². The zero-order valence-electron chi connectivity index (χ0n) is 10.2. The van der Waals surface area contributed by atoms with Gasteiger partial charge in [-0.1, -0.05) is 33.6 Å². The summed E-state index contributed by atoms with van der Waals surface area (Å²) in [6.07, 6.45) is 5.79. The predicted molar refractivity (Wildman–Crippen MR) is 61.6 cm³/mol. The summed E-state index contributed by atoms with van der Waals surface area (Å²) in [7, 11) is 0. The van der Waals surface area contributed by atoms with Crippen molar-refractivity contribution >= 4 is 11.9 Å². The fraction of sp³-hybridized carbons (Fsp3) is 0.667. The second-order valence-electron chi connectivity index (χ2n) is 4.77. The van der Waals surface area contributed by atoms with Crippen molar-refractivity contribution in [2.75, 3.05) is 0 Å². The lowest BCUT2D eigenvalue weighted by atomic mass is 9.80. The van der Waals surface area contributed by atoms with Crippen LogP contribution in [0.15, 0.2) is 0 Å². The van der Waals surface area contributed by atoms with E-state index in [1.165, 1.54) is 0 Å². The molecule has 0 aliphatic rings. The molecule has 0 aliphatic carbocycles. The van der Waals surface area contributed by atoms with Crippen LogP contribution in [0.2, 0.25) is 0 Å². The fourth-order valence-electron chi connectivity index (χ4n) is 1.39. The van der Waals surface area contributed by atoms with E-state index in [4.69, 9.17) is 11.5 Å². The molecule has 0 aliphatic heterocycles. The molecule has 0 rings (SSSR count). The van der Waals surface area contributed by atoms with Gasteiger partial charge in [0.05, 0.1) is 6.04 Å². The second kappa shape index (κ2) is 5.55. The number of carboxylic acid groups (broad SMARTS) is 1. The molecule has 0 fully saturated rings. The van der Waals surface area contributed by atoms with Gasteiger partial charge in [0.15, 0.2) is 0 Å². The van der Waals surface area contributed by atoms with Crippen LogP contribution in [0.25, 0.3) is 0 Å². The third kappa shape index (κ3) is 3.93. The summed E-state index contributed by atoms with van der Waals surface area (Å²) in [5.74, 6) is -0.336. The molecular weight excluding hydrogens is 206 g/mol. The fourth-order valence-corrected chi connectivity index (χ4v) is 1.39. The summed E-state index contributed by atoms with van der Waals surface area (Å²) in [5.41, 5.74) is -0.636. The van der Waals surface area contributed by atoms with Gasteiger partial charge < -0.3 is 10.4 Å². The Morgan fingerprint density at radius 1 is 1.44 bits per heavy atom. The molecule has 0 aromatic heterocycles. The first kappa shape index (κ1) is 14.5. The Morgan fingerprint density at radius 2 is 1.94 bits per heavy atom. The lowest BCUT2D eigenvalue weighted by molar-refractivity contribution is -0.151. The van der Waals surface area contributed by atoms with E-state index < -0.39 is 29.3 Å². The number of aliphatic carboxylic acids is 1. The molecule has 1 amide bonds. The van der Waals surface area contributed by atoms with Crippen LogP contribution in [0.5, 0.6) is 0 Å². The number of amides is 1. The summed E-state index contributed by atoms with van der Waals surface area (Å²) in [4.78, 5) is 22.8. The molecular formula is C12H19NO3. The van der Waals surface area contributed by atoms with Crippen LogP contribution < -0.4 is 5.32 Å². The van der Waals surface area contributed by atoms with E-state index in [0.717, 1.165) is 0 Å². The number of terminal acetylenes is 1. The van der Waals surface area contributed by atoms with Crippen LogP contribution in [0.3, 0.4) is 0 Å². The van der Waals surface area contributed by atoms with E-state index in [0.29, 0.717) is 6.42 Å². The minimum Gasteiger partial charge on any atom is -0.481 e. The van der Waals surface area contributed by atoms with Gasteiger partial charge >= 0.3 is 5.97 Å². The maximum Gasteiger partial charge on any atom is 0.316 e. The molecule has 16 heavy (non-hydrogen) atoms. The van der Waals surface area contributed by atoms with E-state index in [-0.39, 0.29) is 0 Å². The zero-order valence-corrected chi connectivity index (χ0v) is 10.2. The normalized spacial score (nSPS) is 14.7. The van der Waals surface area contributed by atoms with Gasteiger partial charge in [-0.3, -0.25) is 9.59 Å². The Bertz CT molecular complexity index is 309. The summed E-state index contributed by atoms with van der Waals surface area (Å²) in [5, 5.41) is 11.6. The van der Waals surface area contributed by atoms with Gasteiger partial charge in [-0.05, 0) is 11.8 Å². The highest BCUT2D eigenvalue weighted by Crippen LogP contribution is 2.26. The van der Waals surface area contributed by atoms with E-state index in [1.807, 2.05) is 6.92 Å². The van der Waals surface area contributed by atoms with Crippen molar-refractivity contribution in [2.24, 2.45) is 11.3 Å². The summed E-state index contributed by atoms with van der Waals surface area (Å²) in [6, 6.07) is -0.406. The molecule has 90 valence electrons. The molecule has 2 unspecified atom stereocenters. The molecule has 4 heteroatoms. The topological polar surface area (TPSA) is 66.4 Å². The lowest BCUT2D eigenvalue weighted by Crippen LogP contribution is -2.46. The molecule has 0 aromatic carbocycles. The van der Waals surface area contributed by atoms with Crippen LogP contribution >= 0.6 is 0 Å². The van der Waals surface area contributed by atoms with Crippen molar-refractivity contribution in [3.8, 4) is 12.3 Å². The van der Waals surface area contributed by atoms with Crippen molar-refractivity contribution in [3.63, 3.8) is 0 Å². The van der Waals surface area contributed by atoms with Crippen molar-refractivity contribution < 1.29 is 14.7 Å². The number of nitrogens with one attached hydrogen (secondary N) is 1. The Labute approximate surface area is 96.4 Å². The monoisotopic (exact) mass is 225 g/mol. The highest BCUT2D eigenvalue weighted by Gasteiger charge is 2.38. The van der Waals surface area contributed by atoms with Crippen LogP contribution in [-0.4, -0.2) is 23.0 Å². The minimum absolute atomic E-state index is 0.406. The number of carbonyl (C=O) groups is 2. The quantitative estimate of drug-likeness (QED) is 0.559. The van der Waals surface area contributed by atoms with Crippen LogP contribution in [0.4, 0.5) is 0 Å². The molecule has 4 nitrogen and oxygen atoms in total. The third-order valence-electron chi connectivity index (χ3n) is 2.30. The van der Waals surface area contributed by atoms with Gasteiger partial charge in [0.25, 0.3) is 0 Å². The average Bonchev–Trinajstić information content (AvgIpc) is 2.10. The van der Waals surface area contributed by atoms with Crippen molar-refractivity contribution in [3.05, 3.63) is 0 Å².